The molecule has 0 radical (unpaired) electrons. The topological polar surface area (TPSA) is 80.3 Å². The Labute approximate surface area is 216 Å². The predicted octanol–water partition coefficient (Wildman–Crippen LogP) is 5.99. The van der Waals surface area contributed by atoms with Gasteiger partial charge in [-0.1, -0.05) is 13.0 Å². The summed E-state index contributed by atoms with van der Waals surface area (Å²) in [7, 11) is 1.63. The van der Waals surface area contributed by atoms with Gasteiger partial charge in [0.15, 0.2) is 5.78 Å². The number of methoxy groups -OCH3 is 1. The van der Waals surface area contributed by atoms with Crippen molar-refractivity contribution in [1.82, 2.24) is 10.3 Å². The van der Waals surface area contributed by atoms with E-state index in [1.54, 1.807) is 67.5 Å². The van der Waals surface area contributed by atoms with Crippen molar-refractivity contribution in [3.8, 4) is 5.75 Å². The van der Waals surface area contributed by atoms with E-state index < -0.39 is 0 Å². The van der Waals surface area contributed by atoms with Gasteiger partial charge in [0.05, 0.1) is 12.7 Å². The van der Waals surface area contributed by atoms with Crippen molar-refractivity contribution in [2.45, 2.75) is 44.2 Å². The highest BCUT2D eigenvalue weighted by atomic mass is 32.2. The molecule has 4 rings (SSSR count). The van der Waals surface area contributed by atoms with Gasteiger partial charge in [-0.3, -0.25) is 9.59 Å². The number of benzene rings is 2. The van der Waals surface area contributed by atoms with Gasteiger partial charge in [0.2, 0.25) is 0 Å². The first kappa shape index (κ1) is 25.5. The Balaban J connectivity index is 1.52. The number of thioether (sulfide) groups is 1. The first-order valence-electron chi connectivity index (χ1n) is 12.0. The van der Waals surface area contributed by atoms with E-state index in [1.165, 1.54) is 5.56 Å². The summed E-state index contributed by atoms with van der Waals surface area (Å²) in [6, 6.07) is 16.4. The highest BCUT2D eigenvalue weighted by molar-refractivity contribution is 7.99. The molecule has 7 heteroatoms. The molecule has 2 heterocycles. The Hall–Kier alpha value is -3.58. The van der Waals surface area contributed by atoms with Crippen molar-refractivity contribution in [3.05, 3.63) is 89.1 Å². The van der Waals surface area contributed by atoms with Gasteiger partial charge >= 0.3 is 0 Å². The number of ketones is 1. The number of hydrogen-bond donors (Lipinski definition) is 2. The standard InChI is InChI=1S/C29H31N3O3S/c1-5-15-36-28-23(7-6-14-30-28)27(34)31-21-11-8-19(9-12-21)26(33)17-25-24-16-22(35-4)13-10-20(24)18-29(2,3)32-25/h6-14,16-17,32H,5,15,18H2,1-4H3,(H,31,34)/b25-17-. The molecule has 0 fully saturated rings. The number of nitrogens with one attached hydrogen (secondary N) is 2. The Morgan fingerprint density at radius 2 is 1.94 bits per heavy atom. The third kappa shape index (κ3) is 5.97. The van der Waals surface area contributed by atoms with Gasteiger partial charge in [-0.15, -0.1) is 11.8 Å². The fourth-order valence-electron chi connectivity index (χ4n) is 4.16. The summed E-state index contributed by atoms with van der Waals surface area (Å²) in [4.78, 5) is 30.3. The molecule has 0 unspecified atom stereocenters. The fraction of sp³-hybridized carbons (Fsp3) is 0.276. The molecular weight excluding hydrogens is 470 g/mol. The molecule has 0 aliphatic carbocycles. The van der Waals surface area contributed by atoms with Gasteiger partial charge in [-0.05, 0) is 86.5 Å². The first-order valence-corrected chi connectivity index (χ1v) is 13.0. The molecule has 0 atom stereocenters. The quantitative estimate of drug-likeness (QED) is 0.224. The number of carbonyl (C=O) groups excluding carboxylic acids is 2. The van der Waals surface area contributed by atoms with Gasteiger partial charge in [-0.25, -0.2) is 4.98 Å². The van der Waals surface area contributed by atoms with Crippen LogP contribution in [0.5, 0.6) is 5.75 Å². The molecule has 0 bridgehead atoms. The van der Waals surface area contributed by atoms with Gasteiger partial charge in [0.25, 0.3) is 5.91 Å². The number of ether oxygens (including phenoxy) is 1. The molecule has 1 aliphatic heterocycles. The molecule has 3 aromatic rings. The number of fused-ring (bicyclic) bond motifs is 1. The minimum absolute atomic E-state index is 0.118. The normalized spacial score (nSPS) is 15.1. The van der Waals surface area contributed by atoms with E-state index in [0.717, 1.165) is 40.6 Å². The largest absolute Gasteiger partial charge is 0.497 e. The molecule has 2 aromatic carbocycles. The third-order valence-electron chi connectivity index (χ3n) is 5.87. The van der Waals surface area contributed by atoms with Crippen LogP contribution in [-0.2, 0) is 6.42 Å². The van der Waals surface area contributed by atoms with Gasteiger partial charge in [-0.2, -0.15) is 0 Å². The summed E-state index contributed by atoms with van der Waals surface area (Å²) < 4.78 is 5.39. The monoisotopic (exact) mass is 501 g/mol. The second-order valence-corrected chi connectivity index (χ2v) is 10.5. The fourth-order valence-corrected chi connectivity index (χ4v) is 5.01. The van der Waals surface area contributed by atoms with Crippen molar-refractivity contribution < 1.29 is 14.3 Å². The maximum absolute atomic E-state index is 13.1. The van der Waals surface area contributed by atoms with Crippen LogP contribution < -0.4 is 15.4 Å². The van der Waals surface area contributed by atoms with Crippen LogP contribution in [0.25, 0.3) is 5.70 Å². The molecule has 0 spiro atoms. The number of rotatable bonds is 8. The lowest BCUT2D eigenvalue weighted by Crippen LogP contribution is -2.43. The molecule has 6 nitrogen and oxygen atoms in total. The van der Waals surface area contributed by atoms with Crippen molar-refractivity contribution in [3.63, 3.8) is 0 Å². The maximum Gasteiger partial charge on any atom is 0.258 e. The van der Waals surface area contributed by atoms with Crippen LogP contribution in [0.3, 0.4) is 0 Å². The van der Waals surface area contributed by atoms with E-state index in [1.807, 2.05) is 12.1 Å². The number of pyridine rings is 1. The van der Waals surface area contributed by atoms with Gasteiger partial charge < -0.3 is 15.4 Å². The number of amides is 1. The average molecular weight is 502 g/mol. The predicted molar refractivity (Wildman–Crippen MR) is 146 cm³/mol. The number of aromatic nitrogens is 1. The van der Waals surface area contributed by atoms with E-state index >= 15 is 0 Å². The Morgan fingerprint density at radius 3 is 2.67 bits per heavy atom. The SMILES string of the molecule is CCCSc1ncccc1C(=O)Nc1ccc(C(=O)/C=C2\NC(C)(C)Cc3ccc(OC)cc32)cc1. The molecule has 186 valence electrons. The van der Waals surface area contributed by atoms with Gasteiger partial charge in [0, 0.05) is 40.3 Å². The van der Waals surface area contributed by atoms with Crippen LogP contribution in [-0.4, -0.2) is 35.1 Å². The zero-order valence-corrected chi connectivity index (χ0v) is 21.9. The lowest BCUT2D eigenvalue weighted by Gasteiger charge is -2.35. The van der Waals surface area contributed by atoms with E-state index in [-0.39, 0.29) is 17.2 Å². The molecule has 1 aromatic heterocycles. The van der Waals surface area contributed by atoms with Crippen LogP contribution >= 0.6 is 11.8 Å². The second kappa shape index (κ2) is 11.0. The molecule has 36 heavy (non-hydrogen) atoms. The molecule has 2 N–H and O–H groups in total. The number of nitrogens with zero attached hydrogens (tertiary/aromatic N) is 1. The molecule has 0 saturated heterocycles. The summed E-state index contributed by atoms with van der Waals surface area (Å²) >= 11 is 1.57. The first-order chi connectivity index (χ1) is 17.3. The van der Waals surface area contributed by atoms with E-state index in [9.17, 15) is 9.59 Å². The maximum atomic E-state index is 13.1. The minimum Gasteiger partial charge on any atom is -0.497 e. The van der Waals surface area contributed by atoms with Crippen LogP contribution in [0.4, 0.5) is 5.69 Å². The average Bonchev–Trinajstić information content (AvgIpc) is 2.87. The summed E-state index contributed by atoms with van der Waals surface area (Å²) in [5, 5.41) is 7.13. The summed E-state index contributed by atoms with van der Waals surface area (Å²) in [5.74, 6) is 1.31. The zero-order valence-electron chi connectivity index (χ0n) is 21.1. The highest BCUT2D eigenvalue weighted by Crippen LogP contribution is 2.32. The Kier molecular flexibility index (Phi) is 7.79. The van der Waals surface area contributed by atoms with E-state index in [2.05, 4.69) is 42.5 Å². The van der Waals surface area contributed by atoms with Crippen molar-refractivity contribution in [2.75, 3.05) is 18.2 Å². The second-order valence-electron chi connectivity index (χ2n) is 9.37. The lowest BCUT2D eigenvalue weighted by molar-refractivity contribution is 0.102. The van der Waals surface area contributed by atoms with Crippen molar-refractivity contribution in [2.24, 2.45) is 0 Å². The number of allylic oxidation sites excluding steroid dienone is 1. The number of carbonyl (C=O) groups is 2. The minimum atomic E-state index is -0.220. The number of anilines is 1. The summed E-state index contributed by atoms with van der Waals surface area (Å²) in [6.45, 7) is 6.32. The molecule has 1 aliphatic rings. The van der Waals surface area contributed by atoms with Crippen LogP contribution in [0.1, 0.15) is 59.0 Å². The van der Waals surface area contributed by atoms with Crippen LogP contribution in [0, 0.1) is 0 Å². The number of hydrogen-bond acceptors (Lipinski definition) is 6. The van der Waals surface area contributed by atoms with Crippen molar-refractivity contribution in [1.29, 1.82) is 0 Å². The molecular formula is C29H31N3O3S. The Morgan fingerprint density at radius 1 is 1.17 bits per heavy atom. The summed E-state index contributed by atoms with van der Waals surface area (Å²) in [6.07, 6.45) is 5.18. The zero-order chi connectivity index (χ0) is 25.7. The highest BCUT2D eigenvalue weighted by Gasteiger charge is 2.28. The van der Waals surface area contributed by atoms with Crippen molar-refractivity contribution >= 4 is 34.8 Å². The third-order valence-corrected chi connectivity index (χ3v) is 7.09. The smallest absolute Gasteiger partial charge is 0.258 e. The molecule has 1 amide bonds. The Bertz CT molecular complexity index is 1300. The van der Waals surface area contributed by atoms with Crippen LogP contribution in [0.2, 0.25) is 0 Å². The molecule has 0 saturated carbocycles. The lowest BCUT2D eigenvalue weighted by atomic mass is 9.85. The van der Waals surface area contributed by atoms with E-state index in [0.29, 0.717) is 16.8 Å². The summed E-state index contributed by atoms with van der Waals surface area (Å²) in [5.41, 5.74) is 4.43. The van der Waals surface area contributed by atoms with E-state index in [4.69, 9.17) is 4.74 Å². The van der Waals surface area contributed by atoms with Crippen LogP contribution in [0.15, 0.2) is 71.9 Å². The van der Waals surface area contributed by atoms with Gasteiger partial charge in [0.1, 0.15) is 10.8 Å².